The van der Waals surface area contributed by atoms with E-state index in [2.05, 4.69) is 46.2 Å². The Morgan fingerprint density at radius 3 is 2.39 bits per heavy atom. The minimum atomic E-state index is 0.464. The van der Waals surface area contributed by atoms with Crippen molar-refractivity contribution in [1.29, 1.82) is 0 Å². The number of aryl methyl sites for hydroxylation is 1. The molecule has 0 amide bonds. The van der Waals surface area contributed by atoms with Crippen LogP contribution in [0.2, 0.25) is 0 Å². The third-order valence-electron chi connectivity index (χ3n) is 12.1. The lowest BCUT2D eigenvalue weighted by Crippen LogP contribution is -2.53. The molecule has 33 heavy (non-hydrogen) atoms. The largest absolute Gasteiger partial charge is 0.265 e. The molecule has 4 aliphatic carbocycles. The predicted octanol–water partition coefficient (Wildman–Crippen LogP) is 8.44. The van der Waals surface area contributed by atoms with Gasteiger partial charge >= 0.3 is 0 Å². The van der Waals surface area contributed by atoms with E-state index in [9.17, 15) is 0 Å². The van der Waals surface area contributed by atoms with Crippen molar-refractivity contribution in [2.24, 2.45) is 46.3 Å². The number of allylic oxidation sites excluding steroid dienone is 1. The summed E-state index contributed by atoms with van der Waals surface area (Å²) < 4.78 is 2.23. The summed E-state index contributed by atoms with van der Waals surface area (Å²) in [5, 5.41) is 4.84. The van der Waals surface area contributed by atoms with Crippen molar-refractivity contribution in [3.8, 4) is 0 Å². The maximum Gasteiger partial charge on any atom is 0.0625 e. The van der Waals surface area contributed by atoms with E-state index < -0.39 is 0 Å². The third-order valence-corrected chi connectivity index (χ3v) is 12.1. The zero-order valence-corrected chi connectivity index (χ0v) is 22.6. The monoisotopic (exact) mass is 450 g/mol. The Morgan fingerprint density at radius 1 is 0.970 bits per heavy atom. The quantitative estimate of drug-likeness (QED) is 0.411. The van der Waals surface area contributed by atoms with Crippen molar-refractivity contribution in [3.63, 3.8) is 0 Å². The van der Waals surface area contributed by atoms with Crippen molar-refractivity contribution in [2.45, 2.75) is 119 Å². The van der Waals surface area contributed by atoms with Gasteiger partial charge in [0.05, 0.1) is 12.2 Å². The molecule has 0 bridgehead atoms. The van der Waals surface area contributed by atoms with Crippen molar-refractivity contribution < 1.29 is 0 Å². The Kier molecular flexibility index (Phi) is 6.14. The van der Waals surface area contributed by atoms with Crippen molar-refractivity contribution >= 4 is 0 Å². The minimum Gasteiger partial charge on any atom is -0.265 e. The summed E-state index contributed by atoms with van der Waals surface area (Å²) in [4.78, 5) is 0. The van der Waals surface area contributed by atoms with Crippen molar-refractivity contribution in [3.05, 3.63) is 29.1 Å². The van der Waals surface area contributed by atoms with Crippen LogP contribution < -0.4 is 0 Å². The van der Waals surface area contributed by atoms with Crippen molar-refractivity contribution in [2.75, 3.05) is 0 Å². The Balaban J connectivity index is 1.32. The van der Waals surface area contributed by atoms with E-state index in [1.165, 1.54) is 93.2 Å². The molecule has 0 aliphatic heterocycles. The predicted molar refractivity (Wildman–Crippen MR) is 139 cm³/mol. The lowest BCUT2D eigenvalue weighted by atomic mass is 9.44. The summed E-state index contributed by atoms with van der Waals surface area (Å²) in [5.41, 5.74) is 6.38. The van der Waals surface area contributed by atoms with Crippen LogP contribution in [0.15, 0.2) is 12.2 Å². The van der Waals surface area contributed by atoms with E-state index in [1.807, 2.05) is 0 Å². The van der Waals surface area contributed by atoms with Crippen LogP contribution in [0.4, 0.5) is 0 Å². The Hall–Kier alpha value is -1.05. The summed E-state index contributed by atoms with van der Waals surface area (Å²) in [6.45, 7) is 20.0. The molecule has 5 rings (SSSR count). The summed E-state index contributed by atoms with van der Waals surface area (Å²) in [5.74, 6) is 5.60. The Labute approximate surface area is 204 Å². The van der Waals surface area contributed by atoms with Crippen LogP contribution >= 0.6 is 0 Å². The van der Waals surface area contributed by atoms with E-state index in [1.54, 1.807) is 0 Å². The van der Waals surface area contributed by atoms with Gasteiger partial charge in [-0.1, -0.05) is 45.8 Å². The van der Waals surface area contributed by atoms with Gasteiger partial charge in [0.15, 0.2) is 0 Å². The van der Waals surface area contributed by atoms with Crippen LogP contribution in [0, 0.1) is 67.1 Å². The van der Waals surface area contributed by atoms with E-state index in [-0.39, 0.29) is 0 Å². The summed E-state index contributed by atoms with van der Waals surface area (Å²) in [6.07, 6.45) is 16.1. The molecular formula is C31H50N2. The van der Waals surface area contributed by atoms with E-state index in [0.717, 1.165) is 36.1 Å². The molecule has 0 saturated heterocycles. The van der Waals surface area contributed by atoms with Gasteiger partial charge in [0.1, 0.15) is 0 Å². The molecule has 0 aromatic carbocycles. The van der Waals surface area contributed by atoms with Gasteiger partial charge in [-0.2, -0.15) is 5.10 Å². The smallest absolute Gasteiger partial charge is 0.0625 e. The fraction of sp³-hybridized carbons (Fsp3) is 0.839. The van der Waals surface area contributed by atoms with E-state index >= 15 is 0 Å². The number of hydrogen-bond acceptors (Lipinski definition) is 1. The molecule has 2 nitrogen and oxygen atoms in total. The molecule has 4 aliphatic rings. The number of fused-ring (bicyclic) bond motifs is 5. The summed E-state index contributed by atoms with van der Waals surface area (Å²) in [6, 6.07) is 0. The molecule has 184 valence electrons. The van der Waals surface area contributed by atoms with Gasteiger partial charge in [-0.3, -0.25) is 4.68 Å². The lowest BCUT2D eigenvalue weighted by molar-refractivity contribution is -0.116. The third kappa shape index (κ3) is 3.68. The van der Waals surface area contributed by atoms with Gasteiger partial charge in [0, 0.05) is 5.69 Å². The molecule has 1 aromatic heterocycles. The average Bonchev–Trinajstić information content (AvgIpc) is 3.25. The fourth-order valence-electron chi connectivity index (χ4n) is 9.93. The second kappa shape index (κ2) is 8.56. The number of rotatable bonds is 5. The molecule has 8 atom stereocenters. The molecular weight excluding hydrogens is 400 g/mol. The zero-order valence-electron chi connectivity index (χ0n) is 22.6. The van der Waals surface area contributed by atoms with Gasteiger partial charge in [0.2, 0.25) is 0 Å². The molecule has 4 fully saturated rings. The lowest BCUT2D eigenvalue weighted by Gasteiger charge is -2.61. The van der Waals surface area contributed by atoms with Crippen LogP contribution in [-0.4, -0.2) is 9.78 Å². The van der Waals surface area contributed by atoms with Crippen molar-refractivity contribution in [1.82, 2.24) is 9.78 Å². The zero-order chi connectivity index (χ0) is 23.5. The first-order valence-electron chi connectivity index (χ1n) is 14.4. The maximum atomic E-state index is 4.84. The summed E-state index contributed by atoms with van der Waals surface area (Å²) >= 11 is 0. The molecule has 0 radical (unpaired) electrons. The normalized spacial score (nSPS) is 42.5. The molecule has 4 saturated carbocycles. The van der Waals surface area contributed by atoms with E-state index in [0.29, 0.717) is 16.7 Å². The number of hydrogen-bond donors (Lipinski definition) is 0. The molecule has 1 heterocycles. The Morgan fingerprint density at radius 2 is 1.70 bits per heavy atom. The molecule has 8 unspecified atom stereocenters. The highest BCUT2D eigenvalue weighted by Gasteiger charge is 2.60. The standard InChI is InChI=1S/C31H50N2/c1-8-9-24-14-16-30(6)25(18-24)10-11-26-28-13-12-27(31(28,7)17-15-29(26)30)20(2)19-33-23(5)21(3)22(4)32-33/h24-29H,2,8-19H2,1,3-7H3. The average molecular weight is 451 g/mol. The van der Waals surface area contributed by atoms with Gasteiger partial charge in [-0.15, -0.1) is 0 Å². The van der Waals surface area contributed by atoms with Gasteiger partial charge in [0.25, 0.3) is 0 Å². The molecule has 0 N–H and O–H groups in total. The topological polar surface area (TPSA) is 17.8 Å². The second-order valence-electron chi connectivity index (χ2n) is 13.4. The van der Waals surface area contributed by atoms with E-state index in [4.69, 9.17) is 11.7 Å². The summed E-state index contributed by atoms with van der Waals surface area (Å²) in [7, 11) is 0. The number of nitrogens with zero attached hydrogens (tertiary/aromatic N) is 2. The van der Waals surface area contributed by atoms with Crippen LogP contribution in [0.5, 0.6) is 0 Å². The number of aromatic nitrogens is 2. The van der Waals surface area contributed by atoms with Crippen LogP contribution in [0.1, 0.15) is 108 Å². The van der Waals surface area contributed by atoms with Crippen LogP contribution in [0.25, 0.3) is 0 Å². The fourth-order valence-corrected chi connectivity index (χ4v) is 9.93. The van der Waals surface area contributed by atoms with Crippen LogP contribution in [0.3, 0.4) is 0 Å². The highest BCUT2D eigenvalue weighted by Crippen LogP contribution is 2.68. The first-order valence-corrected chi connectivity index (χ1v) is 14.4. The highest BCUT2D eigenvalue weighted by molar-refractivity contribution is 5.24. The Bertz CT molecular complexity index is 895. The molecule has 0 spiro atoms. The molecule has 2 heteroatoms. The maximum absolute atomic E-state index is 4.84. The van der Waals surface area contributed by atoms with Gasteiger partial charge in [-0.25, -0.2) is 0 Å². The second-order valence-corrected chi connectivity index (χ2v) is 13.4. The first-order chi connectivity index (χ1) is 15.7. The van der Waals surface area contributed by atoms with Crippen LogP contribution in [-0.2, 0) is 6.54 Å². The van der Waals surface area contributed by atoms with Gasteiger partial charge < -0.3 is 0 Å². The first kappa shape index (κ1) is 23.7. The van der Waals surface area contributed by atoms with Gasteiger partial charge in [-0.05, 0) is 130 Å². The highest BCUT2D eigenvalue weighted by atomic mass is 15.3. The minimum absolute atomic E-state index is 0.464. The SMILES string of the molecule is C=C(Cn1nc(C)c(C)c1C)C1CCC2C3CCC4CC(CCC)CCC4(C)C3CCC12C. The molecule has 1 aromatic rings.